The van der Waals surface area contributed by atoms with Crippen molar-refractivity contribution >= 4 is 23.6 Å². The molecular formula is C11H11ClO2. The van der Waals surface area contributed by atoms with Crippen molar-refractivity contribution in [3.05, 3.63) is 40.9 Å². The molecule has 0 aliphatic heterocycles. The molecule has 0 aliphatic rings. The van der Waals surface area contributed by atoms with Crippen LogP contribution < -0.4 is 0 Å². The van der Waals surface area contributed by atoms with Gasteiger partial charge in [-0.15, -0.1) is 0 Å². The van der Waals surface area contributed by atoms with Gasteiger partial charge in [0.1, 0.15) is 5.76 Å². The molecule has 0 saturated carbocycles. The first-order chi connectivity index (χ1) is 6.69. The Kier molecular flexibility index (Phi) is 3.72. The lowest BCUT2D eigenvalue weighted by Gasteiger charge is -2.07. The molecule has 0 atom stereocenters. The SMILES string of the molecule is C=C(OCC)c1ccc(Cl)c(C=O)c1. The molecule has 1 aromatic rings. The highest BCUT2D eigenvalue weighted by molar-refractivity contribution is 6.33. The van der Waals surface area contributed by atoms with Crippen LogP contribution in [0, 0.1) is 0 Å². The Bertz CT molecular complexity index is 358. The summed E-state index contributed by atoms with van der Waals surface area (Å²) in [5, 5.41) is 0.438. The molecule has 0 unspecified atom stereocenters. The van der Waals surface area contributed by atoms with Crippen LogP contribution in [0.25, 0.3) is 5.76 Å². The summed E-state index contributed by atoms with van der Waals surface area (Å²) >= 11 is 5.78. The molecule has 14 heavy (non-hydrogen) atoms. The Labute approximate surface area is 88.1 Å². The predicted octanol–water partition coefficient (Wildman–Crippen LogP) is 3.16. The number of hydrogen-bond acceptors (Lipinski definition) is 2. The lowest BCUT2D eigenvalue weighted by atomic mass is 10.1. The molecule has 0 amide bonds. The van der Waals surface area contributed by atoms with E-state index in [4.69, 9.17) is 16.3 Å². The summed E-state index contributed by atoms with van der Waals surface area (Å²) in [7, 11) is 0. The van der Waals surface area contributed by atoms with E-state index in [9.17, 15) is 4.79 Å². The van der Waals surface area contributed by atoms with Crippen molar-refractivity contribution in [2.24, 2.45) is 0 Å². The standard InChI is InChI=1S/C11H11ClO2/c1-3-14-8(2)9-4-5-11(12)10(6-9)7-13/h4-7H,2-3H2,1H3. The first-order valence-corrected chi connectivity index (χ1v) is 4.63. The van der Waals surface area contributed by atoms with Gasteiger partial charge in [-0.2, -0.15) is 0 Å². The summed E-state index contributed by atoms with van der Waals surface area (Å²) in [6.07, 6.45) is 0.713. The van der Waals surface area contributed by atoms with E-state index in [1.807, 2.05) is 6.92 Å². The van der Waals surface area contributed by atoms with Gasteiger partial charge < -0.3 is 4.74 Å². The molecular weight excluding hydrogens is 200 g/mol. The normalized spacial score (nSPS) is 9.57. The summed E-state index contributed by atoms with van der Waals surface area (Å²) in [6, 6.07) is 5.09. The molecule has 0 aromatic heterocycles. The van der Waals surface area contributed by atoms with Crippen molar-refractivity contribution in [2.45, 2.75) is 6.92 Å². The maximum atomic E-state index is 10.6. The van der Waals surface area contributed by atoms with Gasteiger partial charge in [0.25, 0.3) is 0 Å². The largest absolute Gasteiger partial charge is 0.494 e. The van der Waals surface area contributed by atoms with E-state index in [-0.39, 0.29) is 0 Å². The third-order valence-corrected chi connectivity index (χ3v) is 2.11. The van der Waals surface area contributed by atoms with Crippen molar-refractivity contribution < 1.29 is 9.53 Å². The highest BCUT2D eigenvalue weighted by atomic mass is 35.5. The summed E-state index contributed by atoms with van der Waals surface area (Å²) < 4.78 is 5.21. The van der Waals surface area contributed by atoms with E-state index >= 15 is 0 Å². The molecule has 0 aliphatic carbocycles. The van der Waals surface area contributed by atoms with Crippen molar-refractivity contribution in [1.82, 2.24) is 0 Å². The van der Waals surface area contributed by atoms with E-state index in [1.54, 1.807) is 18.2 Å². The van der Waals surface area contributed by atoms with Gasteiger partial charge in [-0.05, 0) is 25.1 Å². The predicted molar refractivity (Wildman–Crippen MR) is 57.5 cm³/mol. The number of halogens is 1. The molecule has 0 bridgehead atoms. The van der Waals surface area contributed by atoms with Crippen LogP contribution in [0.3, 0.4) is 0 Å². The number of aldehydes is 1. The van der Waals surface area contributed by atoms with Gasteiger partial charge in [-0.25, -0.2) is 0 Å². The van der Waals surface area contributed by atoms with Crippen LogP contribution in [0.2, 0.25) is 5.02 Å². The van der Waals surface area contributed by atoms with Crippen LogP contribution in [-0.4, -0.2) is 12.9 Å². The maximum absolute atomic E-state index is 10.6. The number of benzene rings is 1. The zero-order chi connectivity index (χ0) is 10.6. The quantitative estimate of drug-likeness (QED) is 0.564. The Hall–Kier alpha value is -1.28. The molecule has 0 fully saturated rings. The van der Waals surface area contributed by atoms with Crippen LogP contribution >= 0.6 is 11.6 Å². The number of carbonyl (C=O) groups is 1. The maximum Gasteiger partial charge on any atom is 0.151 e. The van der Waals surface area contributed by atoms with Crippen molar-refractivity contribution in [3.8, 4) is 0 Å². The minimum atomic E-state index is 0.438. The molecule has 1 rings (SSSR count). The second kappa shape index (κ2) is 4.82. The Morgan fingerprint density at radius 2 is 2.36 bits per heavy atom. The molecule has 1 aromatic carbocycles. The van der Waals surface area contributed by atoms with Crippen LogP contribution in [0.1, 0.15) is 22.8 Å². The highest BCUT2D eigenvalue weighted by Crippen LogP contribution is 2.20. The summed E-state index contributed by atoms with van der Waals surface area (Å²) in [5.41, 5.74) is 1.23. The lowest BCUT2D eigenvalue weighted by molar-refractivity contribution is 0.112. The molecule has 0 radical (unpaired) electrons. The average molecular weight is 211 g/mol. The zero-order valence-electron chi connectivity index (χ0n) is 7.92. The van der Waals surface area contributed by atoms with Crippen molar-refractivity contribution in [2.75, 3.05) is 6.61 Å². The number of ether oxygens (including phenoxy) is 1. The fourth-order valence-electron chi connectivity index (χ4n) is 1.07. The minimum absolute atomic E-state index is 0.438. The average Bonchev–Trinajstić information content (AvgIpc) is 2.19. The van der Waals surface area contributed by atoms with Gasteiger partial charge in [0.2, 0.25) is 0 Å². The Morgan fingerprint density at radius 3 is 2.93 bits per heavy atom. The van der Waals surface area contributed by atoms with Gasteiger partial charge in [-0.3, -0.25) is 4.79 Å². The first-order valence-electron chi connectivity index (χ1n) is 4.25. The van der Waals surface area contributed by atoms with Crippen molar-refractivity contribution in [3.63, 3.8) is 0 Å². The van der Waals surface area contributed by atoms with Crippen LogP contribution in [0.5, 0.6) is 0 Å². The third kappa shape index (κ3) is 2.36. The van der Waals surface area contributed by atoms with Crippen LogP contribution in [-0.2, 0) is 4.74 Å². The van der Waals surface area contributed by atoms with E-state index in [0.717, 1.165) is 5.56 Å². The lowest BCUT2D eigenvalue weighted by Crippen LogP contribution is -1.92. The fourth-order valence-corrected chi connectivity index (χ4v) is 1.23. The molecule has 0 saturated heterocycles. The second-order valence-electron chi connectivity index (χ2n) is 2.71. The summed E-state index contributed by atoms with van der Waals surface area (Å²) in [5.74, 6) is 0.548. The topological polar surface area (TPSA) is 26.3 Å². The van der Waals surface area contributed by atoms with E-state index in [2.05, 4.69) is 6.58 Å². The third-order valence-electron chi connectivity index (χ3n) is 1.76. The molecule has 0 heterocycles. The van der Waals surface area contributed by atoms with E-state index < -0.39 is 0 Å². The van der Waals surface area contributed by atoms with Gasteiger partial charge in [-0.1, -0.05) is 18.2 Å². The van der Waals surface area contributed by atoms with Crippen LogP contribution in [0.15, 0.2) is 24.8 Å². The Balaban J connectivity index is 3.00. The van der Waals surface area contributed by atoms with E-state index in [1.165, 1.54) is 0 Å². The highest BCUT2D eigenvalue weighted by Gasteiger charge is 2.03. The number of carbonyl (C=O) groups excluding carboxylic acids is 1. The molecule has 2 nitrogen and oxygen atoms in total. The minimum Gasteiger partial charge on any atom is -0.494 e. The zero-order valence-corrected chi connectivity index (χ0v) is 8.67. The molecule has 3 heteroatoms. The van der Waals surface area contributed by atoms with Crippen LogP contribution in [0.4, 0.5) is 0 Å². The number of hydrogen-bond donors (Lipinski definition) is 0. The van der Waals surface area contributed by atoms with Gasteiger partial charge >= 0.3 is 0 Å². The smallest absolute Gasteiger partial charge is 0.151 e. The first kappa shape index (κ1) is 10.8. The van der Waals surface area contributed by atoms with Gasteiger partial charge in [0, 0.05) is 11.1 Å². The monoisotopic (exact) mass is 210 g/mol. The molecule has 74 valence electrons. The fraction of sp³-hybridized carbons (Fsp3) is 0.182. The molecule has 0 spiro atoms. The summed E-state index contributed by atoms with van der Waals surface area (Å²) in [6.45, 7) is 6.17. The number of rotatable bonds is 4. The Morgan fingerprint density at radius 1 is 1.64 bits per heavy atom. The molecule has 0 N–H and O–H groups in total. The van der Waals surface area contributed by atoms with Gasteiger partial charge in [0.05, 0.1) is 11.6 Å². The van der Waals surface area contributed by atoms with Crippen molar-refractivity contribution in [1.29, 1.82) is 0 Å². The van der Waals surface area contributed by atoms with Gasteiger partial charge in [0.15, 0.2) is 6.29 Å². The summed E-state index contributed by atoms with van der Waals surface area (Å²) in [4.78, 5) is 10.6. The van der Waals surface area contributed by atoms with E-state index in [0.29, 0.717) is 29.2 Å². The second-order valence-corrected chi connectivity index (χ2v) is 3.12.